The summed E-state index contributed by atoms with van der Waals surface area (Å²) in [7, 11) is -7.26. The molecule has 1 fully saturated rings. The Balaban J connectivity index is 2.29. The minimum absolute atomic E-state index is 0.0339. The van der Waals surface area contributed by atoms with Gasteiger partial charge in [0.2, 0.25) is 10.0 Å². The summed E-state index contributed by atoms with van der Waals surface area (Å²) in [6.45, 7) is 0. The summed E-state index contributed by atoms with van der Waals surface area (Å²) in [5, 5.41) is 0. The number of sulfone groups is 1. The lowest BCUT2D eigenvalue weighted by Crippen LogP contribution is -2.43. The van der Waals surface area contributed by atoms with Crippen molar-refractivity contribution in [2.45, 2.75) is 23.8 Å². The minimum atomic E-state index is -4.02. The first kappa shape index (κ1) is 16.7. The second-order valence-corrected chi connectivity index (χ2v) is 9.64. The fourth-order valence-corrected chi connectivity index (χ4v) is 5.82. The molecular formula is C11H14BrFN2O4S2. The van der Waals surface area contributed by atoms with E-state index in [1.807, 2.05) is 0 Å². The van der Waals surface area contributed by atoms with E-state index < -0.39 is 31.7 Å². The van der Waals surface area contributed by atoms with Crippen molar-refractivity contribution in [1.29, 1.82) is 0 Å². The Hall–Kier alpha value is -0.710. The standard InChI is InChI=1S/C11H14BrFN2O4S2/c12-8-4-11(10(14)5-9(8)13)21(18,19)15-7-2-1-3-20(16,17)6-7/h4-5,7,15H,1-3,6,14H2. The molecular weight excluding hydrogens is 387 g/mol. The maximum atomic E-state index is 13.3. The first-order valence-corrected chi connectivity index (χ1v) is 10.2. The summed E-state index contributed by atoms with van der Waals surface area (Å²) in [4.78, 5) is -0.279. The zero-order valence-corrected chi connectivity index (χ0v) is 14.1. The lowest BCUT2D eigenvalue weighted by Gasteiger charge is -2.23. The Bertz CT molecular complexity index is 765. The van der Waals surface area contributed by atoms with Gasteiger partial charge in [0, 0.05) is 6.04 Å². The van der Waals surface area contributed by atoms with Crippen molar-refractivity contribution in [2.75, 3.05) is 17.2 Å². The zero-order valence-electron chi connectivity index (χ0n) is 10.8. The summed E-state index contributed by atoms with van der Waals surface area (Å²) >= 11 is 2.90. The second kappa shape index (κ2) is 5.82. The molecule has 1 saturated heterocycles. The molecule has 118 valence electrons. The quantitative estimate of drug-likeness (QED) is 0.736. The van der Waals surface area contributed by atoms with Crippen molar-refractivity contribution < 1.29 is 21.2 Å². The summed E-state index contributed by atoms with van der Waals surface area (Å²) < 4.78 is 63.2. The summed E-state index contributed by atoms with van der Waals surface area (Å²) in [6, 6.07) is 1.26. The number of sulfonamides is 1. The molecule has 1 aliphatic rings. The molecule has 0 aromatic heterocycles. The summed E-state index contributed by atoms with van der Waals surface area (Å²) in [5.41, 5.74) is 5.30. The molecule has 0 amide bonds. The number of nitrogens with two attached hydrogens (primary N) is 1. The predicted octanol–water partition coefficient (Wildman–Crippen LogP) is 1.03. The number of halogens is 2. The Morgan fingerprint density at radius 1 is 1.38 bits per heavy atom. The number of nitrogen functional groups attached to an aromatic ring is 1. The van der Waals surface area contributed by atoms with Crippen molar-refractivity contribution in [3.05, 3.63) is 22.4 Å². The van der Waals surface area contributed by atoms with Crippen LogP contribution in [0.1, 0.15) is 12.8 Å². The van der Waals surface area contributed by atoms with E-state index in [1.54, 1.807) is 0 Å². The molecule has 2 rings (SSSR count). The molecule has 1 aromatic carbocycles. The van der Waals surface area contributed by atoms with Crippen LogP contribution in [0, 0.1) is 5.82 Å². The van der Waals surface area contributed by atoms with Gasteiger partial charge in [-0.25, -0.2) is 25.9 Å². The average molecular weight is 401 g/mol. The molecule has 0 spiro atoms. The van der Waals surface area contributed by atoms with Crippen LogP contribution in [0.15, 0.2) is 21.5 Å². The van der Waals surface area contributed by atoms with Crippen LogP contribution in [-0.2, 0) is 19.9 Å². The monoisotopic (exact) mass is 400 g/mol. The molecule has 6 nitrogen and oxygen atoms in total. The van der Waals surface area contributed by atoms with Gasteiger partial charge in [-0.1, -0.05) is 0 Å². The number of nitrogens with one attached hydrogen (secondary N) is 1. The smallest absolute Gasteiger partial charge is 0.242 e. The van der Waals surface area contributed by atoms with Crippen LogP contribution in [-0.4, -0.2) is 34.4 Å². The van der Waals surface area contributed by atoms with E-state index >= 15 is 0 Å². The van der Waals surface area contributed by atoms with Gasteiger partial charge in [0.1, 0.15) is 10.7 Å². The summed E-state index contributed by atoms with van der Waals surface area (Å²) in [5.74, 6) is -0.851. The molecule has 0 bridgehead atoms. The lowest BCUT2D eigenvalue weighted by molar-refractivity contribution is 0.517. The fourth-order valence-electron chi connectivity index (χ4n) is 2.18. The van der Waals surface area contributed by atoms with Crippen molar-refractivity contribution in [2.24, 2.45) is 0 Å². The average Bonchev–Trinajstić information content (AvgIpc) is 2.31. The van der Waals surface area contributed by atoms with Gasteiger partial charge in [0.25, 0.3) is 0 Å². The molecule has 0 radical (unpaired) electrons. The highest BCUT2D eigenvalue weighted by Gasteiger charge is 2.29. The third-order valence-corrected chi connectivity index (χ3v) is 7.13. The molecule has 3 N–H and O–H groups in total. The van der Waals surface area contributed by atoms with E-state index in [4.69, 9.17) is 5.73 Å². The van der Waals surface area contributed by atoms with Gasteiger partial charge >= 0.3 is 0 Å². The van der Waals surface area contributed by atoms with Gasteiger partial charge in [-0.3, -0.25) is 0 Å². The van der Waals surface area contributed by atoms with Crippen molar-refractivity contribution in [3.63, 3.8) is 0 Å². The third-order valence-electron chi connectivity index (χ3n) is 3.13. The van der Waals surface area contributed by atoms with Gasteiger partial charge in [-0.2, -0.15) is 0 Å². The van der Waals surface area contributed by atoms with E-state index in [2.05, 4.69) is 20.7 Å². The molecule has 1 aliphatic heterocycles. The Morgan fingerprint density at radius 2 is 2.05 bits per heavy atom. The highest BCUT2D eigenvalue weighted by Crippen LogP contribution is 2.26. The van der Waals surface area contributed by atoms with Gasteiger partial charge in [-0.05, 0) is 40.9 Å². The van der Waals surface area contributed by atoms with E-state index in [0.717, 1.165) is 12.1 Å². The molecule has 1 atom stereocenters. The molecule has 0 aliphatic carbocycles. The minimum Gasteiger partial charge on any atom is -0.398 e. The predicted molar refractivity (Wildman–Crippen MR) is 80.5 cm³/mol. The Labute approximate surface area is 131 Å². The highest BCUT2D eigenvalue weighted by atomic mass is 79.9. The third kappa shape index (κ3) is 3.93. The van der Waals surface area contributed by atoms with E-state index in [9.17, 15) is 21.2 Å². The van der Waals surface area contributed by atoms with E-state index in [1.165, 1.54) is 0 Å². The zero-order chi connectivity index (χ0) is 15.8. The number of rotatable bonds is 3. The van der Waals surface area contributed by atoms with Crippen molar-refractivity contribution >= 4 is 41.5 Å². The van der Waals surface area contributed by atoms with E-state index in [-0.39, 0.29) is 26.6 Å². The molecule has 10 heteroatoms. The van der Waals surface area contributed by atoms with Crippen LogP contribution in [0.2, 0.25) is 0 Å². The van der Waals surface area contributed by atoms with Crippen LogP contribution in [0.5, 0.6) is 0 Å². The maximum Gasteiger partial charge on any atom is 0.242 e. The number of benzene rings is 1. The first-order valence-electron chi connectivity index (χ1n) is 6.08. The molecule has 1 aromatic rings. The number of anilines is 1. The SMILES string of the molecule is Nc1cc(F)c(Br)cc1S(=O)(=O)NC1CCCS(=O)(=O)C1. The fraction of sp³-hybridized carbons (Fsp3) is 0.455. The topological polar surface area (TPSA) is 106 Å². The van der Waals surface area contributed by atoms with Crippen molar-refractivity contribution in [1.82, 2.24) is 4.72 Å². The number of hydrogen-bond donors (Lipinski definition) is 2. The molecule has 21 heavy (non-hydrogen) atoms. The van der Waals surface area contributed by atoms with Crippen LogP contribution in [0.3, 0.4) is 0 Å². The van der Waals surface area contributed by atoms with Gasteiger partial charge in [0.05, 0.1) is 21.7 Å². The first-order chi connectivity index (χ1) is 9.61. The molecule has 0 saturated carbocycles. The summed E-state index contributed by atoms with van der Waals surface area (Å²) in [6.07, 6.45) is 0.832. The normalized spacial score (nSPS) is 22.1. The Kier molecular flexibility index (Phi) is 4.62. The molecule has 1 unspecified atom stereocenters. The van der Waals surface area contributed by atoms with Crippen LogP contribution >= 0.6 is 15.9 Å². The maximum absolute atomic E-state index is 13.3. The largest absolute Gasteiger partial charge is 0.398 e. The second-order valence-electron chi connectivity index (χ2n) is 4.88. The lowest BCUT2D eigenvalue weighted by atomic mass is 10.2. The number of hydrogen-bond acceptors (Lipinski definition) is 5. The van der Waals surface area contributed by atoms with Gasteiger partial charge < -0.3 is 5.73 Å². The highest BCUT2D eigenvalue weighted by molar-refractivity contribution is 9.10. The van der Waals surface area contributed by atoms with Crippen LogP contribution in [0.25, 0.3) is 0 Å². The van der Waals surface area contributed by atoms with Crippen LogP contribution < -0.4 is 10.5 Å². The van der Waals surface area contributed by atoms with Crippen LogP contribution in [0.4, 0.5) is 10.1 Å². The molecule has 1 heterocycles. The Morgan fingerprint density at radius 3 is 2.67 bits per heavy atom. The van der Waals surface area contributed by atoms with Gasteiger partial charge in [0.15, 0.2) is 9.84 Å². The van der Waals surface area contributed by atoms with Crippen molar-refractivity contribution in [3.8, 4) is 0 Å². The van der Waals surface area contributed by atoms with Gasteiger partial charge in [-0.15, -0.1) is 0 Å². The van der Waals surface area contributed by atoms with E-state index in [0.29, 0.717) is 12.8 Å².